The van der Waals surface area contributed by atoms with Crippen LogP contribution in [-0.2, 0) is 18.3 Å². The first-order chi connectivity index (χ1) is 15.6. The molecule has 0 saturated heterocycles. The maximum atomic E-state index is 12.1. The summed E-state index contributed by atoms with van der Waals surface area (Å²) in [4.78, 5) is 0. The van der Waals surface area contributed by atoms with Crippen LogP contribution < -0.4 is 4.74 Å². The Morgan fingerprint density at radius 2 is 1.76 bits per heavy atom. The van der Waals surface area contributed by atoms with Crippen molar-refractivity contribution < 1.29 is 14.9 Å². The maximum absolute atomic E-state index is 12.1. The van der Waals surface area contributed by atoms with Crippen LogP contribution in [0, 0.1) is 17.3 Å². The van der Waals surface area contributed by atoms with Crippen molar-refractivity contribution in [2.24, 2.45) is 17.3 Å². The van der Waals surface area contributed by atoms with Crippen LogP contribution >= 0.6 is 0 Å². The molecule has 5 atom stereocenters. The van der Waals surface area contributed by atoms with Gasteiger partial charge >= 0.3 is 0 Å². The molecule has 2 saturated carbocycles. The van der Waals surface area contributed by atoms with Gasteiger partial charge in [0, 0.05) is 6.42 Å². The second kappa shape index (κ2) is 7.77. The molecule has 2 fully saturated rings. The third-order valence-corrected chi connectivity index (χ3v) is 9.66. The number of phenolic OH excluding ortho intramolecular Hbond substituents is 1. The lowest BCUT2D eigenvalue weighted by Gasteiger charge is -2.53. The van der Waals surface area contributed by atoms with Gasteiger partial charge < -0.3 is 14.9 Å². The van der Waals surface area contributed by atoms with E-state index >= 15 is 0 Å². The third-order valence-electron chi connectivity index (χ3n) is 9.66. The van der Waals surface area contributed by atoms with E-state index in [4.69, 9.17) is 4.74 Å². The lowest BCUT2D eigenvalue weighted by molar-refractivity contribution is -0.102. The highest BCUT2D eigenvalue weighted by atomic mass is 16.5. The van der Waals surface area contributed by atoms with Crippen LogP contribution in [0.3, 0.4) is 0 Å². The monoisotopic (exact) mass is 448 g/mol. The summed E-state index contributed by atoms with van der Waals surface area (Å²) in [5.41, 5.74) is 4.71. The minimum atomic E-state index is -0.640. The Kier molecular flexibility index (Phi) is 5.36. The Bertz CT molecular complexity index is 1030. The van der Waals surface area contributed by atoms with Gasteiger partial charge in [-0.25, -0.2) is 0 Å². The van der Waals surface area contributed by atoms with Crippen LogP contribution in [0.4, 0.5) is 0 Å². The van der Waals surface area contributed by atoms with Gasteiger partial charge in [0.15, 0.2) is 11.5 Å². The van der Waals surface area contributed by atoms with E-state index < -0.39 is 5.60 Å². The summed E-state index contributed by atoms with van der Waals surface area (Å²) < 4.78 is 5.44. The zero-order chi connectivity index (χ0) is 23.6. The molecule has 0 aliphatic heterocycles. The Balaban J connectivity index is 1.40. The molecule has 0 aromatic heterocycles. The first kappa shape index (κ1) is 22.8. The molecular weight excluding hydrogens is 408 g/mol. The van der Waals surface area contributed by atoms with Gasteiger partial charge in [0.25, 0.3) is 0 Å². The van der Waals surface area contributed by atoms with Crippen molar-refractivity contribution in [3.63, 3.8) is 0 Å². The van der Waals surface area contributed by atoms with Crippen molar-refractivity contribution in [1.29, 1.82) is 0 Å². The first-order valence-electron chi connectivity index (χ1n) is 12.8. The van der Waals surface area contributed by atoms with Gasteiger partial charge in [-0.2, -0.15) is 0 Å². The fraction of sp³-hybridized carbons (Fsp3) is 0.600. The molecule has 33 heavy (non-hydrogen) atoms. The predicted octanol–water partition coefficient (Wildman–Crippen LogP) is 6.53. The molecule has 0 bridgehead atoms. The van der Waals surface area contributed by atoms with Crippen LogP contribution in [0.2, 0.25) is 0 Å². The number of methoxy groups -OCH3 is 1. The summed E-state index contributed by atoms with van der Waals surface area (Å²) in [5.74, 6) is 2.49. The fourth-order valence-corrected chi connectivity index (χ4v) is 7.61. The van der Waals surface area contributed by atoms with Gasteiger partial charge in [-0.05, 0) is 101 Å². The van der Waals surface area contributed by atoms with Gasteiger partial charge in [-0.1, -0.05) is 52.0 Å². The van der Waals surface area contributed by atoms with Crippen molar-refractivity contribution in [3.8, 4) is 11.5 Å². The fourth-order valence-electron chi connectivity index (χ4n) is 7.61. The van der Waals surface area contributed by atoms with Crippen molar-refractivity contribution in [3.05, 3.63) is 58.7 Å². The third kappa shape index (κ3) is 3.58. The quantitative estimate of drug-likeness (QED) is 0.561. The molecule has 0 radical (unpaired) electrons. The summed E-state index contributed by atoms with van der Waals surface area (Å²) in [5, 5.41) is 22.3. The number of hydrogen-bond donors (Lipinski definition) is 2. The topological polar surface area (TPSA) is 49.7 Å². The molecule has 178 valence electrons. The Labute approximate surface area is 199 Å². The van der Waals surface area contributed by atoms with Crippen molar-refractivity contribution in [2.75, 3.05) is 7.11 Å². The first-order valence-corrected chi connectivity index (χ1v) is 12.8. The molecule has 0 amide bonds. The molecule has 2 aromatic carbocycles. The van der Waals surface area contributed by atoms with E-state index in [9.17, 15) is 10.2 Å². The van der Waals surface area contributed by atoms with Gasteiger partial charge in [-0.3, -0.25) is 0 Å². The van der Waals surface area contributed by atoms with E-state index in [1.165, 1.54) is 22.3 Å². The molecule has 2 aromatic rings. The lowest BCUT2D eigenvalue weighted by atomic mass is 9.52. The van der Waals surface area contributed by atoms with E-state index in [2.05, 4.69) is 58.0 Å². The van der Waals surface area contributed by atoms with Crippen molar-refractivity contribution in [1.82, 2.24) is 0 Å². The smallest absolute Gasteiger partial charge is 0.160 e. The number of aryl methyl sites for hydroxylation is 1. The van der Waals surface area contributed by atoms with E-state index in [1.54, 1.807) is 7.11 Å². The molecule has 3 aliphatic rings. The molecule has 3 nitrogen and oxygen atoms in total. The SMILES string of the molecule is COc1cc2c(cc1O)CC[C@@H]1[C@@H]2CC[C@@]2(C)[C@H]1CC[C@@]2(O)Cc1ccc(C(C)(C)C)cc1. The average Bonchev–Trinajstić information content (AvgIpc) is 3.03. The summed E-state index contributed by atoms with van der Waals surface area (Å²) in [6.07, 6.45) is 7.07. The standard InChI is InChI=1S/C30H40O3/c1-28(2,3)21-9-6-19(7-10-21)18-30(32)15-13-25-23-11-8-20-16-26(31)27(33-5)17-24(20)22(23)12-14-29(25,30)4/h6-7,9-10,16-17,22-23,25,31-32H,8,11-15,18H2,1-5H3/t22-,23+,25-,29-,30+/m0/s1. The highest BCUT2D eigenvalue weighted by Crippen LogP contribution is 2.65. The Morgan fingerprint density at radius 3 is 2.42 bits per heavy atom. The number of hydrogen-bond acceptors (Lipinski definition) is 3. The largest absolute Gasteiger partial charge is 0.504 e. The van der Waals surface area contributed by atoms with Crippen LogP contribution in [0.15, 0.2) is 36.4 Å². The van der Waals surface area contributed by atoms with E-state index in [0.717, 1.165) is 44.9 Å². The predicted molar refractivity (Wildman–Crippen MR) is 133 cm³/mol. The van der Waals surface area contributed by atoms with Gasteiger partial charge in [0.05, 0.1) is 12.7 Å². The highest BCUT2D eigenvalue weighted by Gasteiger charge is 2.61. The number of aliphatic hydroxyl groups is 1. The molecule has 3 aliphatic carbocycles. The average molecular weight is 449 g/mol. The minimum Gasteiger partial charge on any atom is -0.504 e. The van der Waals surface area contributed by atoms with Crippen LogP contribution in [0.1, 0.15) is 88.0 Å². The van der Waals surface area contributed by atoms with Gasteiger partial charge in [0.2, 0.25) is 0 Å². The van der Waals surface area contributed by atoms with Crippen LogP contribution in [0.5, 0.6) is 11.5 Å². The summed E-state index contributed by atoms with van der Waals surface area (Å²) in [7, 11) is 1.63. The normalized spacial score (nSPS) is 33.2. The molecule has 0 unspecified atom stereocenters. The number of fused-ring (bicyclic) bond motifs is 5. The zero-order valence-electron chi connectivity index (χ0n) is 20.9. The van der Waals surface area contributed by atoms with Crippen molar-refractivity contribution in [2.45, 2.75) is 89.6 Å². The molecule has 5 rings (SSSR count). The summed E-state index contributed by atoms with van der Waals surface area (Å²) >= 11 is 0. The number of aromatic hydroxyl groups is 1. The molecule has 2 N–H and O–H groups in total. The molecule has 3 heteroatoms. The highest BCUT2D eigenvalue weighted by molar-refractivity contribution is 5.49. The maximum Gasteiger partial charge on any atom is 0.160 e. The Morgan fingerprint density at radius 1 is 1.03 bits per heavy atom. The second-order valence-electron chi connectivity index (χ2n) is 12.3. The molecule has 0 heterocycles. The summed E-state index contributed by atoms with van der Waals surface area (Å²) in [6.45, 7) is 9.11. The number of ether oxygens (including phenoxy) is 1. The number of phenols is 1. The molecular formula is C30H40O3. The van der Waals surface area contributed by atoms with Crippen LogP contribution in [0.25, 0.3) is 0 Å². The zero-order valence-corrected chi connectivity index (χ0v) is 20.9. The summed E-state index contributed by atoms with van der Waals surface area (Å²) in [6, 6.07) is 13.0. The Hall–Kier alpha value is -2.00. The van der Waals surface area contributed by atoms with Gasteiger partial charge in [0.1, 0.15) is 0 Å². The van der Waals surface area contributed by atoms with E-state index in [1.807, 2.05) is 6.07 Å². The van der Waals surface area contributed by atoms with Gasteiger partial charge in [-0.15, -0.1) is 0 Å². The van der Waals surface area contributed by atoms with E-state index in [-0.39, 0.29) is 16.6 Å². The lowest BCUT2D eigenvalue weighted by Crippen LogP contribution is -2.51. The van der Waals surface area contributed by atoms with E-state index in [0.29, 0.717) is 23.5 Å². The number of benzene rings is 2. The molecule has 0 spiro atoms. The van der Waals surface area contributed by atoms with Crippen molar-refractivity contribution >= 4 is 0 Å². The number of rotatable bonds is 3. The second-order valence-corrected chi connectivity index (χ2v) is 12.3. The minimum absolute atomic E-state index is 0.0463. The van der Waals surface area contributed by atoms with Crippen LogP contribution in [-0.4, -0.2) is 22.9 Å².